The molecule has 0 radical (unpaired) electrons. The van der Waals surface area contributed by atoms with Gasteiger partial charge in [-0.1, -0.05) is 48.5 Å². The summed E-state index contributed by atoms with van der Waals surface area (Å²) in [6.07, 6.45) is 0.473. The molecule has 1 saturated heterocycles. The highest BCUT2D eigenvalue weighted by Crippen LogP contribution is 2.33. The first-order valence-corrected chi connectivity index (χ1v) is 11.1. The van der Waals surface area contributed by atoms with Gasteiger partial charge in [0.2, 0.25) is 0 Å². The van der Waals surface area contributed by atoms with Crippen molar-refractivity contribution in [3.63, 3.8) is 0 Å². The maximum Gasteiger partial charge on any atom is 0.256 e. The van der Waals surface area contributed by atoms with Crippen molar-refractivity contribution in [2.45, 2.75) is 13.3 Å². The van der Waals surface area contributed by atoms with E-state index in [9.17, 15) is 9.18 Å². The molecule has 1 aliphatic rings. The molecular formula is C27H26FN3O. The van der Waals surface area contributed by atoms with Crippen molar-refractivity contribution in [2.24, 2.45) is 0 Å². The Morgan fingerprint density at radius 1 is 0.938 bits per heavy atom. The lowest BCUT2D eigenvalue weighted by molar-refractivity contribution is 0.0736. The Bertz CT molecular complexity index is 1270. The Hall–Kier alpha value is -3.44. The lowest BCUT2D eigenvalue weighted by atomic mass is 9.99. The molecule has 0 spiro atoms. The first-order valence-electron chi connectivity index (χ1n) is 11.1. The summed E-state index contributed by atoms with van der Waals surface area (Å²) in [4.78, 5) is 15.8. The molecule has 5 heteroatoms. The number of carbonyl (C=O) groups excluding carboxylic acids is 1. The summed E-state index contributed by atoms with van der Waals surface area (Å²) in [5.74, 6) is -0.179. The summed E-state index contributed by atoms with van der Waals surface area (Å²) in [6, 6.07) is 23.3. The second-order valence-electron chi connectivity index (χ2n) is 8.25. The van der Waals surface area contributed by atoms with Gasteiger partial charge in [0.15, 0.2) is 0 Å². The largest absolute Gasteiger partial charge is 0.336 e. The van der Waals surface area contributed by atoms with Crippen LogP contribution >= 0.6 is 0 Å². The highest BCUT2D eigenvalue weighted by molar-refractivity contribution is 6.09. The Labute approximate surface area is 187 Å². The van der Waals surface area contributed by atoms with Crippen LogP contribution in [0.4, 0.5) is 4.39 Å². The fraction of sp³-hybridized carbons (Fsp3) is 0.222. The molecule has 0 saturated carbocycles. The maximum absolute atomic E-state index is 14.4. The van der Waals surface area contributed by atoms with Crippen LogP contribution < -0.4 is 5.32 Å². The minimum absolute atomic E-state index is 0.0430. The average Bonchev–Trinajstić information content (AvgIpc) is 3.16. The molecule has 3 aromatic carbocycles. The fourth-order valence-corrected chi connectivity index (χ4v) is 4.62. The molecule has 5 rings (SSSR count). The smallest absolute Gasteiger partial charge is 0.256 e. The summed E-state index contributed by atoms with van der Waals surface area (Å²) in [6.45, 7) is 4.75. The van der Waals surface area contributed by atoms with E-state index in [2.05, 4.69) is 16.0 Å². The van der Waals surface area contributed by atoms with Gasteiger partial charge in [-0.25, -0.2) is 4.39 Å². The number of carbonyl (C=O) groups is 1. The van der Waals surface area contributed by atoms with E-state index in [1.807, 2.05) is 59.5 Å². The number of benzene rings is 3. The Kier molecular flexibility index (Phi) is 5.50. The number of aromatic nitrogens is 1. The molecule has 4 aromatic rings. The van der Waals surface area contributed by atoms with Crippen LogP contribution in [0.5, 0.6) is 0 Å². The number of para-hydroxylation sites is 2. The third-order valence-corrected chi connectivity index (χ3v) is 6.34. The van der Waals surface area contributed by atoms with E-state index in [1.54, 1.807) is 13.0 Å². The predicted molar refractivity (Wildman–Crippen MR) is 126 cm³/mol. The van der Waals surface area contributed by atoms with Gasteiger partial charge in [0, 0.05) is 49.4 Å². The SMILES string of the molecule is Cc1c(F)cccc1Cc1c(C(=O)N2CCNCC2)c2ccccc2n1-c1ccccc1. The second-order valence-corrected chi connectivity index (χ2v) is 8.25. The molecule has 162 valence electrons. The molecule has 0 unspecified atom stereocenters. The second kappa shape index (κ2) is 8.60. The minimum Gasteiger partial charge on any atom is -0.336 e. The number of nitrogens with one attached hydrogen (secondary N) is 1. The number of hydrogen-bond acceptors (Lipinski definition) is 2. The van der Waals surface area contributed by atoms with Crippen molar-refractivity contribution in [3.8, 4) is 5.69 Å². The summed E-state index contributed by atoms with van der Waals surface area (Å²) >= 11 is 0. The first kappa shape index (κ1) is 20.5. The predicted octanol–water partition coefficient (Wildman–Crippen LogP) is 4.71. The number of nitrogens with zero attached hydrogens (tertiary/aromatic N) is 2. The van der Waals surface area contributed by atoms with Gasteiger partial charge in [0.25, 0.3) is 5.91 Å². The quantitative estimate of drug-likeness (QED) is 0.512. The van der Waals surface area contributed by atoms with Crippen LogP contribution in [0.15, 0.2) is 72.8 Å². The standard InChI is InChI=1S/C27H26FN3O/c1-19-20(8-7-12-23(19)28)18-25-26(27(32)30-16-14-29-15-17-30)22-11-5-6-13-24(22)31(25)21-9-3-2-4-10-21/h2-13,29H,14-18H2,1H3. The highest BCUT2D eigenvalue weighted by Gasteiger charge is 2.28. The minimum atomic E-state index is -0.222. The van der Waals surface area contributed by atoms with Gasteiger partial charge < -0.3 is 14.8 Å². The van der Waals surface area contributed by atoms with Crippen LogP contribution in [-0.4, -0.2) is 41.6 Å². The number of rotatable bonds is 4. The van der Waals surface area contributed by atoms with E-state index in [0.29, 0.717) is 25.1 Å². The van der Waals surface area contributed by atoms with Crippen molar-refractivity contribution in [1.82, 2.24) is 14.8 Å². The van der Waals surface area contributed by atoms with Gasteiger partial charge >= 0.3 is 0 Å². The summed E-state index contributed by atoms with van der Waals surface area (Å²) in [7, 11) is 0. The third kappa shape index (κ3) is 3.59. The van der Waals surface area contributed by atoms with Gasteiger partial charge in [-0.2, -0.15) is 0 Å². The Morgan fingerprint density at radius 2 is 1.66 bits per heavy atom. The molecule has 1 aromatic heterocycles. The number of hydrogen-bond donors (Lipinski definition) is 1. The van der Waals surface area contributed by atoms with Crippen molar-refractivity contribution in [3.05, 3.63) is 101 Å². The van der Waals surface area contributed by atoms with Gasteiger partial charge in [0.1, 0.15) is 5.82 Å². The monoisotopic (exact) mass is 427 g/mol. The lowest BCUT2D eigenvalue weighted by Gasteiger charge is -2.28. The number of amides is 1. The first-order chi connectivity index (χ1) is 15.6. The van der Waals surface area contributed by atoms with E-state index < -0.39 is 0 Å². The highest BCUT2D eigenvalue weighted by atomic mass is 19.1. The van der Waals surface area contributed by atoms with Crippen molar-refractivity contribution in [1.29, 1.82) is 0 Å². The van der Waals surface area contributed by atoms with E-state index in [0.717, 1.165) is 46.5 Å². The van der Waals surface area contributed by atoms with Gasteiger partial charge in [-0.3, -0.25) is 4.79 Å². The molecule has 2 heterocycles. The maximum atomic E-state index is 14.4. The number of piperazine rings is 1. The third-order valence-electron chi connectivity index (χ3n) is 6.34. The summed E-state index contributed by atoms with van der Waals surface area (Å²) < 4.78 is 16.5. The average molecular weight is 428 g/mol. The Balaban J connectivity index is 1.76. The van der Waals surface area contributed by atoms with Crippen LogP contribution in [0.2, 0.25) is 0 Å². The molecular weight excluding hydrogens is 401 g/mol. The lowest BCUT2D eigenvalue weighted by Crippen LogP contribution is -2.46. The molecule has 0 bridgehead atoms. The fourth-order valence-electron chi connectivity index (χ4n) is 4.62. The Morgan fingerprint density at radius 3 is 2.44 bits per heavy atom. The van der Waals surface area contributed by atoms with E-state index in [4.69, 9.17) is 0 Å². The zero-order valence-electron chi connectivity index (χ0n) is 18.1. The molecule has 1 amide bonds. The van der Waals surface area contributed by atoms with Crippen molar-refractivity contribution >= 4 is 16.8 Å². The van der Waals surface area contributed by atoms with Crippen LogP contribution in [-0.2, 0) is 6.42 Å². The zero-order valence-corrected chi connectivity index (χ0v) is 18.1. The van der Waals surface area contributed by atoms with Crippen molar-refractivity contribution in [2.75, 3.05) is 26.2 Å². The van der Waals surface area contributed by atoms with Crippen LogP contribution in [0, 0.1) is 12.7 Å². The summed E-state index contributed by atoms with van der Waals surface area (Å²) in [5.41, 5.74) is 5.11. The molecule has 1 N–H and O–H groups in total. The number of fused-ring (bicyclic) bond motifs is 1. The van der Waals surface area contributed by atoms with Gasteiger partial charge in [-0.05, 0) is 42.3 Å². The van der Waals surface area contributed by atoms with Gasteiger partial charge in [-0.15, -0.1) is 0 Å². The van der Waals surface area contributed by atoms with Crippen LogP contribution in [0.1, 0.15) is 27.2 Å². The van der Waals surface area contributed by atoms with Crippen molar-refractivity contribution < 1.29 is 9.18 Å². The van der Waals surface area contributed by atoms with Gasteiger partial charge in [0.05, 0.1) is 11.1 Å². The van der Waals surface area contributed by atoms with Crippen LogP contribution in [0.25, 0.3) is 16.6 Å². The molecule has 0 atom stereocenters. The van der Waals surface area contributed by atoms with E-state index in [-0.39, 0.29) is 11.7 Å². The molecule has 32 heavy (non-hydrogen) atoms. The summed E-state index contributed by atoms with van der Waals surface area (Å²) in [5, 5.41) is 4.25. The molecule has 1 aliphatic heterocycles. The zero-order chi connectivity index (χ0) is 22.1. The topological polar surface area (TPSA) is 37.3 Å². The van der Waals surface area contributed by atoms with E-state index in [1.165, 1.54) is 6.07 Å². The molecule has 4 nitrogen and oxygen atoms in total. The van der Waals surface area contributed by atoms with E-state index >= 15 is 0 Å². The molecule has 0 aliphatic carbocycles. The van der Waals surface area contributed by atoms with Crippen LogP contribution in [0.3, 0.4) is 0 Å². The molecule has 1 fully saturated rings. The number of halogens is 1. The normalized spacial score (nSPS) is 14.1.